The first-order valence-electron chi connectivity index (χ1n) is 18.1. The first-order valence-corrected chi connectivity index (χ1v) is 18.1. The summed E-state index contributed by atoms with van der Waals surface area (Å²) in [7, 11) is 0. The molecular formula is C36H73NO. The largest absolute Gasteiger partial charge is 0.356 e. The van der Waals surface area contributed by atoms with Crippen LogP contribution >= 0.6 is 0 Å². The van der Waals surface area contributed by atoms with Gasteiger partial charge in [0.1, 0.15) is 0 Å². The zero-order valence-electron chi connectivity index (χ0n) is 26.7. The molecule has 0 aliphatic rings. The summed E-state index contributed by atoms with van der Waals surface area (Å²) in [6.45, 7) is 5.36. The summed E-state index contributed by atoms with van der Waals surface area (Å²) in [6, 6.07) is 0. The molecule has 38 heavy (non-hydrogen) atoms. The highest BCUT2D eigenvalue weighted by Gasteiger charge is 2.00. The summed E-state index contributed by atoms with van der Waals surface area (Å²) in [5, 5.41) is 3.07. The van der Waals surface area contributed by atoms with E-state index in [1.54, 1.807) is 0 Å². The van der Waals surface area contributed by atoms with Crippen LogP contribution in [0.5, 0.6) is 0 Å². The Labute approximate surface area is 241 Å². The van der Waals surface area contributed by atoms with E-state index in [0.29, 0.717) is 6.42 Å². The second-order valence-corrected chi connectivity index (χ2v) is 12.4. The van der Waals surface area contributed by atoms with Crippen molar-refractivity contribution in [3.05, 3.63) is 0 Å². The van der Waals surface area contributed by atoms with Crippen LogP contribution in [0.25, 0.3) is 0 Å². The monoisotopic (exact) mass is 536 g/mol. The Kier molecular flexibility index (Phi) is 34.0. The Balaban J connectivity index is 3.06. The van der Waals surface area contributed by atoms with Gasteiger partial charge in [0.15, 0.2) is 0 Å². The highest BCUT2D eigenvalue weighted by molar-refractivity contribution is 5.75. The molecule has 0 saturated heterocycles. The van der Waals surface area contributed by atoms with Crippen molar-refractivity contribution in [1.29, 1.82) is 0 Å². The first-order chi connectivity index (χ1) is 18.8. The van der Waals surface area contributed by atoms with Crippen LogP contribution in [0, 0.1) is 0 Å². The number of nitrogens with one attached hydrogen (secondary N) is 1. The molecule has 0 aromatic carbocycles. The molecule has 228 valence electrons. The molecule has 1 N–H and O–H groups in total. The molecule has 0 spiro atoms. The molecule has 2 heteroatoms. The highest BCUT2D eigenvalue weighted by Crippen LogP contribution is 2.16. The van der Waals surface area contributed by atoms with Gasteiger partial charge in [-0.15, -0.1) is 0 Å². The Morgan fingerprint density at radius 1 is 0.342 bits per heavy atom. The van der Waals surface area contributed by atoms with Gasteiger partial charge in [0.2, 0.25) is 5.91 Å². The topological polar surface area (TPSA) is 29.1 Å². The third kappa shape index (κ3) is 33.5. The lowest BCUT2D eigenvalue weighted by atomic mass is 10.0. The fourth-order valence-electron chi connectivity index (χ4n) is 5.65. The van der Waals surface area contributed by atoms with Crippen LogP contribution in [-0.4, -0.2) is 12.5 Å². The average molecular weight is 536 g/mol. The van der Waals surface area contributed by atoms with E-state index in [1.165, 1.54) is 186 Å². The van der Waals surface area contributed by atoms with Gasteiger partial charge in [-0.25, -0.2) is 0 Å². The molecule has 0 saturated carbocycles. The van der Waals surface area contributed by atoms with Crippen molar-refractivity contribution >= 4 is 5.91 Å². The molecular weight excluding hydrogens is 462 g/mol. The van der Waals surface area contributed by atoms with Gasteiger partial charge in [-0.1, -0.05) is 200 Å². The van der Waals surface area contributed by atoms with Crippen LogP contribution in [-0.2, 0) is 4.79 Å². The maximum atomic E-state index is 11.7. The molecule has 2 nitrogen and oxygen atoms in total. The number of unbranched alkanes of at least 4 members (excludes halogenated alkanes) is 29. The molecule has 0 aromatic heterocycles. The Bertz CT molecular complexity index is 435. The lowest BCUT2D eigenvalue weighted by Crippen LogP contribution is -2.23. The predicted molar refractivity (Wildman–Crippen MR) is 172 cm³/mol. The van der Waals surface area contributed by atoms with Crippen LogP contribution in [0.2, 0.25) is 0 Å². The van der Waals surface area contributed by atoms with E-state index in [4.69, 9.17) is 0 Å². The van der Waals surface area contributed by atoms with Crippen LogP contribution in [0.15, 0.2) is 0 Å². The van der Waals surface area contributed by atoms with Crippen molar-refractivity contribution in [1.82, 2.24) is 5.32 Å². The molecule has 0 aliphatic carbocycles. The minimum atomic E-state index is 0.253. The van der Waals surface area contributed by atoms with Crippen molar-refractivity contribution < 1.29 is 4.79 Å². The minimum absolute atomic E-state index is 0.253. The fraction of sp³-hybridized carbons (Fsp3) is 0.972. The summed E-state index contributed by atoms with van der Waals surface area (Å²) in [6.07, 6.45) is 44.3. The molecule has 1 amide bonds. The van der Waals surface area contributed by atoms with Crippen molar-refractivity contribution in [2.45, 2.75) is 219 Å². The number of rotatable bonds is 33. The van der Waals surface area contributed by atoms with Crippen molar-refractivity contribution in [2.75, 3.05) is 6.54 Å². The quantitative estimate of drug-likeness (QED) is 0.0832. The lowest BCUT2D eigenvalue weighted by Gasteiger charge is -2.05. The minimum Gasteiger partial charge on any atom is -0.356 e. The van der Waals surface area contributed by atoms with Gasteiger partial charge in [0, 0.05) is 13.0 Å². The van der Waals surface area contributed by atoms with Gasteiger partial charge in [-0.05, 0) is 12.8 Å². The standard InChI is InChI=1S/C36H73NO/c1-3-5-7-8-9-10-11-12-13-14-15-16-17-18-19-20-21-22-23-24-25-26-27-28-29-30-31-33-35-37-36(38)34-32-6-4-2/h3-35H2,1-2H3,(H,37,38). The maximum Gasteiger partial charge on any atom is 0.219 e. The van der Waals surface area contributed by atoms with E-state index in [2.05, 4.69) is 19.2 Å². The van der Waals surface area contributed by atoms with Crippen LogP contribution in [0.3, 0.4) is 0 Å². The number of hydrogen-bond acceptors (Lipinski definition) is 1. The van der Waals surface area contributed by atoms with Gasteiger partial charge in [0.25, 0.3) is 0 Å². The van der Waals surface area contributed by atoms with E-state index in [1.807, 2.05) is 0 Å². The van der Waals surface area contributed by atoms with E-state index in [9.17, 15) is 4.79 Å². The molecule has 0 bridgehead atoms. The molecule has 0 rings (SSSR count). The van der Waals surface area contributed by atoms with Crippen molar-refractivity contribution in [3.63, 3.8) is 0 Å². The average Bonchev–Trinajstić information content (AvgIpc) is 2.92. The number of hydrogen-bond donors (Lipinski definition) is 1. The molecule has 0 atom stereocenters. The van der Waals surface area contributed by atoms with Crippen LogP contribution in [0.4, 0.5) is 0 Å². The normalized spacial score (nSPS) is 11.3. The van der Waals surface area contributed by atoms with Gasteiger partial charge in [0.05, 0.1) is 0 Å². The van der Waals surface area contributed by atoms with Gasteiger partial charge >= 0.3 is 0 Å². The second kappa shape index (κ2) is 34.5. The van der Waals surface area contributed by atoms with Gasteiger partial charge in [-0.2, -0.15) is 0 Å². The smallest absolute Gasteiger partial charge is 0.219 e. The SMILES string of the molecule is CCCCCCCCCCCCCCCCCCCCCCCCCCCCCCNC(=O)CCCCC. The van der Waals surface area contributed by atoms with E-state index >= 15 is 0 Å². The summed E-state index contributed by atoms with van der Waals surface area (Å²) >= 11 is 0. The zero-order valence-corrected chi connectivity index (χ0v) is 26.7. The number of carbonyl (C=O) groups excluding carboxylic acids is 1. The highest BCUT2D eigenvalue weighted by atomic mass is 16.1. The number of carbonyl (C=O) groups is 1. The second-order valence-electron chi connectivity index (χ2n) is 12.4. The molecule has 0 fully saturated rings. The van der Waals surface area contributed by atoms with Gasteiger partial charge in [-0.3, -0.25) is 4.79 Å². The van der Waals surface area contributed by atoms with E-state index in [0.717, 1.165) is 19.4 Å². The number of amides is 1. The third-order valence-electron chi connectivity index (χ3n) is 8.36. The third-order valence-corrected chi connectivity index (χ3v) is 8.36. The van der Waals surface area contributed by atoms with E-state index < -0.39 is 0 Å². The fourth-order valence-corrected chi connectivity index (χ4v) is 5.65. The molecule has 0 aliphatic heterocycles. The Morgan fingerprint density at radius 2 is 0.579 bits per heavy atom. The molecule has 0 heterocycles. The maximum absolute atomic E-state index is 11.7. The summed E-state index contributed by atoms with van der Waals surface area (Å²) in [4.78, 5) is 11.7. The summed E-state index contributed by atoms with van der Waals surface area (Å²) in [5.74, 6) is 0.253. The van der Waals surface area contributed by atoms with Crippen molar-refractivity contribution in [3.8, 4) is 0 Å². The summed E-state index contributed by atoms with van der Waals surface area (Å²) < 4.78 is 0. The van der Waals surface area contributed by atoms with Gasteiger partial charge < -0.3 is 5.32 Å². The summed E-state index contributed by atoms with van der Waals surface area (Å²) in [5.41, 5.74) is 0. The molecule has 0 radical (unpaired) electrons. The Morgan fingerprint density at radius 3 is 0.868 bits per heavy atom. The van der Waals surface area contributed by atoms with Crippen LogP contribution in [0.1, 0.15) is 219 Å². The molecule has 0 unspecified atom stereocenters. The predicted octanol–water partition coefficient (Wildman–Crippen LogP) is 12.6. The lowest BCUT2D eigenvalue weighted by molar-refractivity contribution is -0.121. The zero-order chi connectivity index (χ0) is 27.6. The van der Waals surface area contributed by atoms with Crippen molar-refractivity contribution in [2.24, 2.45) is 0 Å². The first kappa shape index (κ1) is 37.5. The Hall–Kier alpha value is -0.530. The molecule has 0 aromatic rings. The van der Waals surface area contributed by atoms with E-state index in [-0.39, 0.29) is 5.91 Å². The van der Waals surface area contributed by atoms with Crippen LogP contribution < -0.4 is 5.32 Å².